The number of rotatable bonds is 7. The van der Waals surface area contributed by atoms with E-state index in [4.69, 9.17) is 13.9 Å². The number of thiazole rings is 1. The Balaban J connectivity index is 1.66. The number of Topliss-reactive ketones (excluding diaryl/α,β-unsaturated/α-hetero) is 1. The van der Waals surface area contributed by atoms with E-state index in [9.17, 15) is 14.7 Å². The maximum absolute atomic E-state index is 13.4. The van der Waals surface area contributed by atoms with Crippen molar-refractivity contribution in [2.45, 2.75) is 26.8 Å². The maximum atomic E-state index is 13.4. The van der Waals surface area contributed by atoms with Crippen molar-refractivity contribution in [1.29, 1.82) is 0 Å². The molecule has 36 heavy (non-hydrogen) atoms. The largest absolute Gasteiger partial charge is 0.507 e. The van der Waals surface area contributed by atoms with E-state index in [0.717, 1.165) is 4.70 Å². The van der Waals surface area contributed by atoms with Gasteiger partial charge in [-0.15, -0.1) is 0 Å². The van der Waals surface area contributed by atoms with Crippen molar-refractivity contribution in [2.75, 3.05) is 18.1 Å². The molecule has 8 nitrogen and oxygen atoms in total. The first-order valence-electron chi connectivity index (χ1n) is 11.5. The number of furan rings is 1. The summed E-state index contributed by atoms with van der Waals surface area (Å²) < 4.78 is 17.8. The molecule has 0 aliphatic carbocycles. The van der Waals surface area contributed by atoms with E-state index in [0.29, 0.717) is 52.4 Å². The molecule has 1 saturated heterocycles. The Morgan fingerprint density at radius 3 is 2.50 bits per heavy atom. The third-order valence-corrected chi connectivity index (χ3v) is 6.78. The molecule has 1 aliphatic heterocycles. The summed E-state index contributed by atoms with van der Waals surface area (Å²) in [6, 6.07) is 14.7. The molecule has 0 spiro atoms. The van der Waals surface area contributed by atoms with Crippen molar-refractivity contribution in [1.82, 2.24) is 4.98 Å². The van der Waals surface area contributed by atoms with Gasteiger partial charge in [0.1, 0.15) is 34.8 Å². The first-order chi connectivity index (χ1) is 17.4. The average molecular weight is 505 g/mol. The first-order valence-corrected chi connectivity index (χ1v) is 12.4. The molecular formula is C27H24N2O6S. The summed E-state index contributed by atoms with van der Waals surface area (Å²) in [5.74, 6) is 0.273. The van der Waals surface area contributed by atoms with Crippen LogP contribution in [0, 0.1) is 6.92 Å². The van der Waals surface area contributed by atoms with Crippen molar-refractivity contribution in [3.8, 4) is 11.5 Å². The molecule has 1 aliphatic rings. The minimum atomic E-state index is -0.985. The number of nitrogens with zero attached hydrogens (tertiary/aromatic N) is 2. The zero-order chi connectivity index (χ0) is 25.4. The molecule has 1 amide bonds. The summed E-state index contributed by atoms with van der Waals surface area (Å²) in [4.78, 5) is 32.6. The predicted octanol–water partition coefficient (Wildman–Crippen LogP) is 5.62. The lowest BCUT2D eigenvalue weighted by Crippen LogP contribution is -2.29. The zero-order valence-corrected chi connectivity index (χ0v) is 20.8. The van der Waals surface area contributed by atoms with Crippen LogP contribution in [0.15, 0.2) is 64.6 Å². The minimum Gasteiger partial charge on any atom is -0.507 e. The number of ether oxygens (including phenoxy) is 2. The lowest BCUT2D eigenvalue weighted by atomic mass is 9.99. The number of amides is 1. The highest BCUT2D eigenvalue weighted by atomic mass is 32.1. The van der Waals surface area contributed by atoms with Gasteiger partial charge in [-0.2, -0.15) is 0 Å². The van der Waals surface area contributed by atoms with Crippen LogP contribution < -0.4 is 14.4 Å². The van der Waals surface area contributed by atoms with Gasteiger partial charge in [0.05, 0.1) is 29.0 Å². The Labute approximate surface area is 211 Å². The Kier molecular flexibility index (Phi) is 6.24. The number of aliphatic hydroxyl groups excluding tert-OH is 1. The second kappa shape index (κ2) is 9.50. The fourth-order valence-electron chi connectivity index (χ4n) is 4.21. The molecule has 1 N–H and O–H groups in total. The van der Waals surface area contributed by atoms with Gasteiger partial charge in [-0.25, -0.2) is 4.98 Å². The van der Waals surface area contributed by atoms with Crippen molar-refractivity contribution in [3.63, 3.8) is 0 Å². The Hall–Kier alpha value is -4.11. The third-order valence-electron chi connectivity index (χ3n) is 5.76. The van der Waals surface area contributed by atoms with Gasteiger partial charge in [0.15, 0.2) is 5.13 Å². The highest BCUT2D eigenvalue weighted by molar-refractivity contribution is 7.22. The van der Waals surface area contributed by atoms with Crippen LogP contribution in [-0.2, 0) is 9.59 Å². The summed E-state index contributed by atoms with van der Waals surface area (Å²) in [6.45, 7) is 6.50. The molecule has 1 fully saturated rings. The molecule has 2 aromatic heterocycles. The zero-order valence-electron chi connectivity index (χ0n) is 20.0. The van der Waals surface area contributed by atoms with Crippen LogP contribution in [0.25, 0.3) is 16.0 Å². The van der Waals surface area contributed by atoms with Gasteiger partial charge < -0.3 is 19.0 Å². The number of ketones is 1. The molecule has 0 bridgehead atoms. The Bertz CT molecular complexity index is 1500. The predicted molar refractivity (Wildman–Crippen MR) is 137 cm³/mol. The smallest absolute Gasteiger partial charge is 0.302 e. The summed E-state index contributed by atoms with van der Waals surface area (Å²) >= 11 is 1.26. The molecule has 1 atom stereocenters. The van der Waals surface area contributed by atoms with Crippen molar-refractivity contribution >= 4 is 44.1 Å². The number of benzene rings is 2. The van der Waals surface area contributed by atoms with Crippen LogP contribution in [0.1, 0.15) is 37.0 Å². The van der Waals surface area contributed by atoms with Gasteiger partial charge in [-0.05, 0) is 63.2 Å². The molecule has 184 valence electrons. The van der Waals surface area contributed by atoms with Crippen LogP contribution >= 0.6 is 11.3 Å². The van der Waals surface area contributed by atoms with Crippen LogP contribution in [-0.4, -0.2) is 35.0 Å². The number of aryl methyl sites for hydroxylation is 1. The number of carbonyl (C=O) groups excluding carboxylic acids is 2. The van der Waals surface area contributed by atoms with Gasteiger partial charge in [-0.3, -0.25) is 14.5 Å². The summed E-state index contributed by atoms with van der Waals surface area (Å²) in [7, 11) is 0. The fraction of sp³-hybridized carbons (Fsp3) is 0.222. The van der Waals surface area contributed by atoms with Gasteiger partial charge in [0.2, 0.25) is 0 Å². The van der Waals surface area contributed by atoms with Crippen LogP contribution in [0.4, 0.5) is 5.13 Å². The van der Waals surface area contributed by atoms with E-state index in [-0.39, 0.29) is 11.3 Å². The quantitative estimate of drug-likeness (QED) is 0.198. The van der Waals surface area contributed by atoms with Crippen LogP contribution in [0.3, 0.4) is 0 Å². The molecule has 4 aromatic rings. The lowest BCUT2D eigenvalue weighted by Gasteiger charge is -2.20. The normalized spacial score (nSPS) is 17.2. The first kappa shape index (κ1) is 23.6. The highest BCUT2D eigenvalue weighted by Crippen LogP contribution is 2.45. The number of fused-ring (bicyclic) bond motifs is 1. The number of anilines is 1. The third kappa shape index (κ3) is 4.11. The molecule has 0 saturated carbocycles. The van der Waals surface area contributed by atoms with Crippen molar-refractivity contribution in [3.05, 3.63) is 77.3 Å². The van der Waals surface area contributed by atoms with Gasteiger partial charge >= 0.3 is 5.91 Å². The molecule has 2 aromatic carbocycles. The van der Waals surface area contributed by atoms with Gasteiger partial charge in [0, 0.05) is 5.56 Å². The van der Waals surface area contributed by atoms with Gasteiger partial charge in [-0.1, -0.05) is 23.5 Å². The summed E-state index contributed by atoms with van der Waals surface area (Å²) in [5.41, 5.74) is 0.953. The Morgan fingerprint density at radius 1 is 1.06 bits per heavy atom. The molecule has 3 heterocycles. The highest BCUT2D eigenvalue weighted by Gasteiger charge is 2.49. The van der Waals surface area contributed by atoms with E-state index < -0.39 is 17.7 Å². The van der Waals surface area contributed by atoms with Gasteiger partial charge in [0.25, 0.3) is 5.78 Å². The monoisotopic (exact) mass is 504 g/mol. The molecule has 0 radical (unpaired) electrons. The second-order valence-corrected chi connectivity index (χ2v) is 9.15. The number of hydrogen-bond acceptors (Lipinski definition) is 8. The number of aliphatic hydroxyl groups is 1. The van der Waals surface area contributed by atoms with E-state index >= 15 is 0 Å². The molecule has 1 unspecified atom stereocenters. The summed E-state index contributed by atoms with van der Waals surface area (Å²) in [6.07, 6.45) is 0. The standard InChI is InChI=1S/C27H24N2O6S/c1-4-33-17-8-6-7-16(13-17)24(30)22-23(20-12-9-15(3)35-20)29(26(32)25(22)31)27-28-19-11-10-18(34-5-2)14-21(19)36-27/h6-14,23,30H,4-5H2,1-3H3/b24-22+. The Morgan fingerprint density at radius 2 is 1.81 bits per heavy atom. The molecule has 5 rings (SSSR count). The molecule has 9 heteroatoms. The van der Waals surface area contributed by atoms with Crippen molar-refractivity contribution < 1.29 is 28.6 Å². The van der Waals surface area contributed by atoms with Crippen LogP contribution in [0.2, 0.25) is 0 Å². The SMILES string of the molecule is CCOc1cccc(/C(O)=C2\C(=O)C(=O)N(c3nc4ccc(OCC)cc4s3)C2c2ccc(C)o2)c1. The van der Waals surface area contributed by atoms with E-state index in [1.54, 1.807) is 43.3 Å². The fourth-order valence-corrected chi connectivity index (χ4v) is 5.23. The van der Waals surface area contributed by atoms with Crippen molar-refractivity contribution in [2.24, 2.45) is 0 Å². The topological polar surface area (TPSA) is 102 Å². The summed E-state index contributed by atoms with van der Waals surface area (Å²) in [5, 5.41) is 11.6. The second-order valence-electron chi connectivity index (χ2n) is 8.14. The number of hydrogen-bond donors (Lipinski definition) is 1. The van der Waals surface area contributed by atoms with Crippen LogP contribution in [0.5, 0.6) is 11.5 Å². The number of carbonyl (C=O) groups is 2. The van der Waals surface area contributed by atoms with E-state index in [1.807, 2.05) is 32.0 Å². The maximum Gasteiger partial charge on any atom is 0.302 e. The van der Waals surface area contributed by atoms with E-state index in [1.165, 1.54) is 16.2 Å². The van der Waals surface area contributed by atoms with E-state index in [2.05, 4.69) is 4.98 Å². The number of aromatic nitrogens is 1. The lowest BCUT2D eigenvalue weighted by molar-refractivity contribution is -0.132. The minimum absolute atomic E-state index is 0.0720. The average Bonchev–Trinajstić information content (AvgIpc) is 3.55. The molecular weight excluding hydrogens is 480 g/mol.